The Kier molecular flexibility index (Phi) is 5.82. The molecule has 1 rings (SSSR count). The molecule has 0 bridgehead atoms. The zero-order chi connectivity index (χ0) is 16.4. The quantitative estimate of drug-likeness (QED) is 0.822. The van der Waals surface area contributed by atoms with Crippen LogP contribution in [0.3, 0.4) is 0 Å². The summed E-state index contributed by atoms with van der Waals surface area (Å²) in [6, 6.07) is 3.09. The first kappa shape index (κ1) is 18.0. The Morgan fingerprint density at radius 3 is 1.86 bits per heavy atom. The van der Waals surface area contributed by atoms with E-state index in [1.54, 1.807) is 19.1 Å². The number of carbonyl (C=O) groups excluding carboxylic acids is 1. The average Bonchev–Trinajstić information content (AvgIpc) is 2.36. The van der Waals surface area contributed by atoms with Crippen LogP contribution in [0.1, 0.15) is 64.0 Å². The van der Waals surface area contributed by atoms with Crippen molar-refractivity contribution in [2.45, 2.75) is 57.8 Å². The van der Waals surface area contributed by atoms with E-state index in [-0.39, 0.29) is 22.6 Å². The number of hydrogen-bond acceptors (Lipinski definition) is 3. The summed E-state index contributed by atoms with van der Waals surface area (Å²) in [6.45, 7) is 9.58. The summed E-state index contributed by atoms with van der Waals surface area (Å²) in [5.41, 5.74) is 2.26. The summed E-state index contributed by atoms with van der Waals surface area (Å²) in [5.74, 6) is 0.0290. The highest BCUT2D eigenvalue weighted by molar-refractivity contribution is 8.13. The fourth-order valence-corrected chi connectivity index (χ4v) is 2.89. The third-order valence-corrected chi connectivity index (χ3v) is 4.62. The minimum Gasteiger partial charge on any atom is -0.326 e. The normalized spacial score (nSPS) is 12.0. The number of rotatable bonds is 5. The third-order valence-electron chi connectivity index (χ3n) is 3.28. The van der Waals surface area contributed by atoms with Gasteiger partial charge in [-0.1, -0.05) is 34.6 Å². The van der Waals surface area contributed by atoms with Gasteiger partial charge in [0.2, 0.25) is 5.91 Å². The minimum absolute atomic E-state index is 0.0630. The van der Waals surface area contributed by atoms with Crippen LogP contribution in [-0.4, -0.2) is 14.3 Å². The van der Waals surface area contributed by atoms with Crippen molar-refractivity contribution >= 4 is 31.3 Å². The van der Waals surface area contributed by atoms with Gasteiger partial charge in [0.1, 0.15) is 0 Å². The highest BCUT2D eigenvalue weighted by atomic mass is 35.7. The van der Waals surface area contributed by atoms with Crippen LogP contribution in [-0.2, 0) is 13.8 Å². The van der Waals surface area contributed by atoms with E-state index in [0.29, 0.717) is 12.1 Å². The van der Waals surface area contributed by atoms with Crippen LogP contribution in [0.25, 0.3) is 0 Å². The SMILES string of the molecule is CCC(=O)Nc1c(C(C)C)cc(S(=O)(=O)Cl)cc1C(C)C. The van der Waals surface area contributed by atoms with Crippen molar-refractivity contribution in [2.75, 3.05) is 5.32 Å². The van der Waals surface area contributed by atoms with Gasteiger partial charge < -0.3 is 5.32 Å². The molecule has 0 aliphatic carbocycles. The monoisotopic (exact) mass is 331 g/mol. The van der Waals surface area contributed by atoms with Crippen molar-refractivity contribution < 1.29 is 13.2 Å². The van der Waals surface area contributed by atoms with Gasteiger partial charge in [0.15, 0.2) is 0 Å². The maximum atomic E-state index is 11.8. The molecule has 0 atom stereocenters. The van der Waals surface area contributed by atoms with Gasteiger partial charge in [-0.05, 0) is 35.1 Å². The van der Waals surface area contributed by atoms with E-state index in [1.807, 2.05) is 27.7 Å². The molecule has 0 aromatic heterocycles. The second-order valence-corrected chi connectivity index (χ2v) is 8.19. The number of hydrogen-bond donors (Lipinski definition) is 1. The van der Waals surface area contributed by atoms with Crippen LogP contribution < -0.4 is 5.32 Å². The highest BCUT2D eigenvalue weighted by Gasteiger charge is 2.21. The third kappa shape index (κ3) is 4.45. The Morgan fingerprint density at radius 2 is 1.57 bits per heavy atom. The lowest BCUT2D eigenvalue weighted by Crippen LogP contribution is -2.15. The lowest BCUT2D eigenvalue weighted by molar-refractivity contribution is -0.115. The lowest BCUT2D eigenvalue weighted by atomic mass is 9.92. The number of benzene rings is 1. The molecule has 4 nitrogen and oxygen atoms in total. The average molecular weight is 332 g/mol. The summed E-state index contributed by atoms with van der Waals surface area (Å²) in [7, 11) is 1.68. The first-order chi connectivity index (χ1) is 9.57. The number of anilines is 1. The molecular weight excluding hydrogens is 310 g/mol. The molecule has 0 saturated carbocycles. The number of halogens is 1. The summed E-state index contributed by atoms with van der Waals surface area (Å²) in [6.07, 6.45) is 0.366. The fourth-order valence-electron chi connectivity index (χ4n) is 2.08. The van der Waals surface area contributed by atoms with E-state index in [0.717, 1.165) is 11.1 Å². The van der Waals surface area contributed by atoms with Crippen LogP contribution in [0, 0.1) is 0 Å². The maximum Gasteiger partial charge on any atom is 0.261 e. The van der Waals surface area contributed by atoms with Crippen molar-refractivity contribution in [3.05, 3.63) is 23.3 Å². The molecule has 1 N–H and O–H groups in total. The molecule has 6 heteroatoms. The molecular formula is C15H22ClNO3S. The van der Waals surface area contributed by atoms with Crippen molar-refractivity contribution in [1.29, 1.82) is 0 Å². The minimum atomic E-state index is -3.81. The van der Waals surface area contributed by atoms with Crippen LogP contribution in [0.4, 0.5) is 5.69 Å². The Hall–Kier alpha value is -1.07. The molecule has 0 aliphatic heterocycles. The predicted octanol–water partition coefficient (Wildman–Crippen LogP) is 4.21. The molecule has 0 heterocycles. The fraction of sp³-hybridized carbons (Fsp3) is 0.533. The summed E-state index contributed by atoms with van der Waals surface area (Å²) >= 11 is 0. The number of carbonyl (C=O) groups is 1. The zero-order valence-corrected chi connectivity index (χ0v) is 14.6. The van der Waals surface area contributed by atoms with E-state index >= 15 is 0 Å². The largest absolute Gasteiger partial charge is 0.326 e. The van der Waals surface area contributed by atoms with Crippen molar-refractivity contribution in [1.82, 2.24) is 0 Å². The zero-order valence-electron chi connectivity index (χ0n) is 13.0. The first-order valence-corrected chi connectivity index (χ1v) is 9.31. The van der Waals surface area contributed by atoms with Gasteiger partial charge in [0, 0.05) is 22.8 Å². The van der Waals surface area contributed by atoms with Gasteiger partial charge in [-0.15, -0.1) is 0 Å². The smallest absolute Gasteiger partial charge is 0.261 e. The molecule has 0 saturated heterocycles. The Bertz CT molecular complexity index is 607. The van der Waals surface area contributed by atoms with Crippen LogP contribution in [0.2, 0.25) is 0 Å². The second-order valence-electron chi connectivity index (χ2n) is 5.63. The molecule has 0 unspecified atom stereocenters. The van der Waals surface area contributed by atoms with Gasteiger partial charge in [-0.2, -0.15) is 0 Å². The first-order valence-electron chi connectivity index (χ1n) is 7.00. The molecule has 1 amide bonds. The van der Waals surface area contributed by atoms with Crippen LogP contribution >= 0.6 is 10.7 Å². The summed E-state index contributed by atoms with van der Waals surface area (Å²) in [4.78, 5) is 11.8. The van der Waals surface area contributed by atoms with Crippen LogP contribution in [0.5, 0.6) is 0 Å². The van der Waals surface area contributed by atoms with Crippen LogP contribution in [0.15, 0.2) is 17.0 Å². The topological polar surface area (TPSA) is 63.2 Å². The van der Waals surface area contributed by atoms with Crippen molar-refractivity contribution in [3.63, 3.8) is 0 Å². The summed E-state index contributed by atoms with van der Waals surface area (Å²) < 4.78 is 23.3. The molecule has 1 aromatic carbocycles. The van der Waals surface area contributed by atoms with E-state index in [4.69, 9.17) is 10.7 Å². The molecule has 21 heavy (non-hydrogen) atoms. The number of amides is 1. The van der Waals surface area contributed by atoms with E-state index < -0.39 is 9.05 Å². The Balaban J connectivity index is 3.62. The highest BCUT2D eigenvalue weighted by Crippen LogP contribution is 2.36. The van der Waals surface area contributed by atoms with Gasteiger partial charge in [-0.25, -0.2) is 8.42 Å². The molecule has 0 spiro atoms. The second kappa shape index (κ2) is 6.79. The Morgan fingerprint density at radius 1 is 1.14 bits per heavy atom. The molecule has 0 radical (unpaired) electrons. The van der Waals surface area contributed by atoms with E-state index in [9.17, 15) is 13.2 Å². The van der Waals surface area contributed by atoms with Crippen molar-refractivity contribution in [3.8, 4) is 0 Å². The van der Waals surface area contributed by atoms with Gasteiger partial charge >= 0.3 is 0 Å². The van der Waals surface area contributed by atoms with Crippen molar-refractivity contribution in [2.24, 2.45) is 0 Å². The maximum absolute atomic E-state index is 11.8. The van der Waals surface area contributed by atoms with E-state index in [2.05, 4.69) is 5.32 Å². The molecule has 0 aliphatic rings. The lowest BCUT2D eigenvalue weighted by Gasteiger charge is -2.21. The van der Waals surface area contributed by atoms with Gasteiger partial charge in [0.25, 0.3) is 9.05 Å². The van der Waals surface area contributed by atoms with Gasteiger partial charge in [0.05, 0.1) is 4.90 Å². The van der Waals surface area contributed by atoms with Gasteiger partial charge in [-0.3, -0.25) is 4.79 Å². The molecule has 0 fully saturated rings. The summed E-state index contributed by atoms with van der Waals surface area (Å²) in [5, 5.41) is 2.89. The molecule has 1 aromatic rings. The number of nitrogens with one attached hydrogen (secondary N) is 1. The van der Waals surface area contributed by atoms with E-state index in [1.165, 1.54) is 0 Å². The molecule has 118 valence electrons. The predicted molar refractivity (Wildman–Crippen MR) is 86.6 cm³/mol. The Labute approximate surface area is 131 Å². The standard InChI is InChI=1S/C15H22ClNO3S/c1-6-14(18)17-15-12(9(2)3)7-11(21(16,19)20)8-13(15)10(4)5/h7-10H,6H2,1-5H3,(H,17,18).